The molecule has 0 atom stereocenters. The van der Waals surface area contributed by atoms with E-state index in [1.54, 1.807) is 0 Å². The van der Waals surface area contributed by atoms with Crippen molar-refractivity contribution in [3.63, 3.8) is 0 Å². The Labute approximate surface area is 130 Å². The van der Waals surface area contributed by atoms with Gasteiger partial charge in [-0.05, 0) is 43.6 Å². The third-order valence-electron chi connectivity index (χ3n) is 3.79. The van der Waals surface area contributed by atoms with Crippen molar-refractivity contribution in [2.45, 2.75) is 40.0 Å². The summed E-state index contributed by atoms with van der Waals surface area (Å²) in [5.74, 6) is 0.973. The molecule has 1 aromatic rings. The Kier molecular flexibility index (Phi) is 9.92. The number of likely N-dealkylation sites (N-methyl/N-ethyl adjacent to an activating group) is 1. The second-order valence-corrected chi connectivity index (χ2v) is 5.37. The highest BCUT2D eigenvalue weighted by Crippen LogP contribution is 2.13. The van der Waals surface area contributed by atoms with Gasteiger partial charge in [-0.3, -0.25) is 0 Å². The van der Waals surface area contributed by atoms with E-state index < -0.39 is 0 Å². The van der Waals surface area contributed by atoms with Crippen molar-refractivity contribution >= 4 is 0 Å². The quantitative estimate of drug-likeness (QED) is 0.598. The maximum absolute atomic E-state index is 5.75. The number of hydrogen-bond acceptors (Lipinski definition) is 3. The molecule has 0 saturated carbocycles. The maximum Gasteiger partial charge on any atom is 0.119 e. The molecule has 0 bridgehead atoms. The van der Waals surface area contributed by atoms with E-state index in [1.165, 1.54) is 24.8 Å². The number of benzene rings is 1. The van der Waals surface area contributed by atoms with Crippen LogP contribution >= 0.6 is 0 Å². The number of ether oxygens (including phenoxy) is 1. The Morgan fingerprint density at radius 3 is 2.33 bits per heavy atom. The third-order valence-corrected chi connectivity index (χ3v) is 3.79. The summed E-state index contributed by atoms with van der Waals surface area (Å²) in [6.07, 6.45) is 3.68. The Morgan fingerprint density at radius 2 is 1.71 bits per heavy atom. The fourth-order valence-corrected chi connectivity index (χ4v) is 2.28. The lowest BCUT2D eigenvalue weighted by Gasteiger charge is -2.18. The van der Waals surface area contributed by atoms with Gasteiger partial charge in [-0.25, -0.2) is 0 Å². The number of nitrogens with one attached hydrogen (secondary N) is 1. The van der Waals surface area contributed by atoms with Crippen LogP contribution in [0.25, 0.3) is 0 Å². The lowest BCUT2D eigenvalue weighted by molar-refractivity contribution is 0.285. The molecule has 1 rings (SSSR count). The van der Waals surface area contributed by atoms with E-state index in [4.69, 9.17) is 4.74 Å². The molecule has 0 heterocycles. The van der Waals surface area contributed by atoms with Gasteiger partial charge >= 0.3 is 0 Å². The molecule has 0 aliphatic heterocycles. The van der Waals surface area contributed by atoms with Gasteiger partial charge in [0.05, 0.1) is 0 Å². The molecule has 21 heavy (non-hydrogen) atoms. The first-order valence-electron chi connectivity index (χ1n) is 8.44. The number of rotatable bonds is 12. The van der Waals surface area contributed by atoms with Crippen LogP contribution in [0.4, 0.5) is 0 Å². The van der Waals surface area contributed by atoms with Crippen molar-refractivity contribution in [2.75, 3.05) is 39.3 Å². The van der Waals surface area contributed by atoms with Gasteiger partial charge in [0.25, 0.3) is 0 Å². The van der Waals surface area contributed by atoms with Crippen LogP contribution in [0.2, 0.25) is 0 Å². The van der Waals surface area contributed by atoms with Crippen molar-refractivity contribution < 1.29 is 4.74 Å². The van der Waals surface area contributed by atoms with E-state index in [0.29, 0.717) is 0 Å². The van der Waals surface area contributed by atoms with Gasteiger partial charge in [-0.15, -0.1) is 0 Å². The first-order chi connectivity index (χ1) is 10.3. The van der Waals surface area contributed by atoms with Crippen molar-refractivity contribution in [3.8, 4) is 5.75 Å². The summed E-state index contributed by atoms with van der Waals surface area (Å²) in [6.45, 7) is 12.7. The number of aryl methyl sites for hydroxylation is 1. The highest BCUT2D eigenvalue weighted by Gasteiger charge is 1.98. The molecule has 0 aliphatic rings. The second kappa shape index (κ2) is 11.6. The van der Waals surface area contributed by atoms with Gasteiger partial charge in [0.1, 0.15) is 12.4 Å². The Balaban J connectivity index is 2.09. The summed E-state index contributed by atoms with van der Waals surface area (Å²) in [5, 5.41) is 3.43. The van der Waals surface area contributed by atoms with Crippen molar-refractivity contribution in [1.82, 2.24) is 10.2 Å². The maximum atomic E-state index is 5.75. The number of hydrogen-bond donors (Lipinski definition) is 1. The van der Waals surface area contributed by atoms with Crippen LogP contribution in [-0.2, 0) is 6.42 Å². The summed E-state index contributed by atoms with van der Waals surface area (Å²) in [4.78, 5) is 2.42. The summed E-state index contributed by atoms with van der Waals surface area (Å²) in [6, 6.07) is 8.53. The molecule has 3 nitrogen and oxygen atoms in total. The van der Waals surface area contributed by atoms with E-state index in [2.05, 4.69) is 55.3 Å². The molecule has 0 aliphatic carbocycles. The highest BCUT2D eigenvalue weighted by molar-refractivity contribution is 5.27. The molecule has 0 spiro atoms. The zero-order valence-electron chi connectivity index (χ0n) is 14.0. The van der Waals surface area contributed by atoms with Gasteiger partial charge in [-0.2, -0.15) is 0 Å². The van der Waals surface area contributed by atoms with E-state index in [0.717, 1.165) is 45.1 Å². The fraction of sp³-hybridized carbons (Fsp3) is 0.667. The van der Waals surface area contributed by atoms with Gasteiger partial charge in [0.2, 0.25) is 0 Å². The van der Waals surface area contributed by atoms with Crippen LogP contribution in [-0.4, -0.2) is 44.2 Å². The monoisotopic (exact) mass is 292 g/mol. The lowest BCUT2D eigenvalue weighted by Crippen LogP contribution is -2.33. The third kappa shape index (κ3) is 8.08. The molecule has 120 valence electrons. The molecule has 3 heteroatoms. The van der Waals surface area contributed by atoms with Crippen molar-refractivity contribution in [3.05, 3.63) is 29.8 Å². The number of unbranched alkanes of at least 4 members (excludes halogenated alkanes) is 1. The predicted molar refractivity (Wildman–Crippen MR) is 91.2 cm³/mol. The van der Waals surface area contributed by atoms with Crippen LogP contribution in [0.5, 0.6) is 5.75 Å². The molecular formula is C18H32N2O. The topological polar surface area (TPSA) is 24.5 Å². The summed E-state index contributed by atoms with van der Waals surface area (Å²) in [7, 11) is 0. The summed E-state index contributed by atoms with van der Waals surface area (Å²) < 4.78 is 5.75. The minimum atomic E-state index is 0.729. The molecule has 0 unspecified atom stereocenters. The van der Waals surface area contributed by atoms with Crippen molar-refractivity contribution in [1.29, 1.82) is 0 Å². The molecule has 1 N–H and O–H groups in total. The van der Waals surface area contributed by atoms with Gasteiger partial charge < -0.3 is 15.0 Å². The molecule has 0 fully saturated rings. The van der Waals surface area contributed by atoms with Crippen LogP contribution in [0, 0.1) is 0 Å². The zero-order valence-corrected chi connectivity index (χ0v) is 14.0. The molecule has 0 radical (unpaired) electrons. The Hall–Kier alpha value is -1.06. The Morgan fingerprint density at radius 1 is 1.00 bits per heavy atom. The van der Waals surface area contributed by atoms with E-state index >= 15 is 0 Å². The molecule has 0 saturated heterocycles. The van der Waals surface area contributed by atoms with Gasteiger partial charge in [-0.1, -0.05) is 39.3 Å². The Bertz CT molecular complexity index is 347. The normalized spacial score (nSPS) is 11.0. The molecule has 1 aromatic carbocycles. The first kappa shape index (κ1) is 18.0. The van der Waals surface area contributed by atoms with Crippen LogP contribution in [0.3, 0.4) is 0 Å². The number of nitrogens with zero attached hydrogens (tertiary/aromatic N) is 1. The largest absolute Gasteiger partial charge is 0.492 e. The summed E-state index contributed by atoms with van der Waals surface area (Å²) in [5.41, 5.74) is 1.40. The van der Waals surface area contributed by atoms with Crippen LogP contribution < -0.4 is 10.1 Å². The van der Waals surface area contributed by atoms with Gasteiger partial charge in [0, 0.05) is 19.6 Å². The molecule has 0 amide bonds. The van der Waals surface area contributed by atoms with E-state index in [9.17, 15) is 0 Å². The van der Waals surface area contributed by atoms with Crippen molar-refractivity contribution in [2.24, 2.45) is 0 Å². The van der Waals surface area contributed by atoms with Crippen LogP contribution in [0.1, 0.15) is 39.2 Å². The minimum Gasteiger partial charge on any atom is -0.492 e. The second-order valence-electron chi connectivity index (χ2n) is 5.37. The SMILES string of the molecule is CCCCc1ccc(OCCNCCN(CC)CC)cc1. The zero-order chi connectivity index (χ0) is 15.3. The molecule has 0 aromatic heterocycles. The smallest absolute Gasteiger partial charge is 0.119 e. The van der Waals surface area contributed by atoms with E-state index in [-0.39, 0.29) is 0 Å². The summed E-state index contributed by atoms with van der Waals surface area (Å²) >= 11 is 0. The first-order valence-corrected chi connectivity index (χ1v) is 8.44. The average Bonchev–Trinajstić information content (AvgIpc) is 2.53. The minimum absolute atomic E-state index is 0.729. The fourth-order valence-electron chi connectivity index (χ4n) is 2.28. The standard InChI is InChI=1S/C18H32N2O/c1-4-7-8-17-9-11-18(12-10-17)21-16-14-19-13-15-20(5-2)6-3/h9-12,19H,4-8,13-16H2,1-3H3. The highest BCUT2D eigenvalue weighted by atomic mass is 16.5. The molecular weight excluding hydrogens is 260 g/mol. The average molecular weight is 292 g/mol. The predicted octanol–water partition coefficient (Wildman–Crippen LogP) is 3.34. The lowest BCUT2D eigenvalue weighted by atomic mass is 10.1. The van der Waals surface area contributed by atoms with Crippen LogP contribution in [0.15, 0.2) is 24.3 Å². The van der Waals surface area contributed by atoms with Gasteiger partial charge in [0.15, 0.2) is 0 Å². The van der Waals surface area contributed by atoms with E-state index in [1.807, 2.05) is 0 Å².